The summed E-state index contributed by atoms with van der Waals surface area (Å²) in [5, 5.41) is 2.21. The van der Waals surface area contributed by atoms with Gasteiger partial charge in [-0.05, 0) is 18.2 Å². The number of carbonyl (C=O) groups is 1. The number of hydrogen-bond acceptors (Lipinski definition) is 3. The van der Waals surface area contributed by atoms with E-state index in [1.807, 2.05) is 0 Å². The van der Waals surface area contributed by atoms with Crippen LogP contribution in [0.3, 0.4) is 0 Å². The van der Waals surface area contributed by atoms with Crippen molar-refractivity contribution in [2.75, 3.05) is 11.1 Å². The third-order valence-corrected chi connectivity index (χ3v) is 2.07. The average Bonchev–Trinajstić information content (AvgIpc) is 2.76. The van der Waals surface area contributed by atoms with Gasteiger partial charge in [0.2, 0.25) is 0 Å². The van der Waals surface area contributed by atoms with Crippen LogP contribution in [-0.2, 0) is 0 Å². The van der Waals surface area contributed by atoms with Crippen LogP contribution >= 0.6 is 0 Å². The van der Waals surface area contributed by atoms with Crippen LogP contribution in [0.15, 0.2) is 34.9 Å². The molecule has 0 spiro atoms. The Labute approximate surface area is 95.0 Å². The molecule has 17 heavy (non-hydrogen) atoms. The van der Waals surface area contributed by atoms with Crippen LogP contribution in [0.2, 0.25) is 0 Å². The highest BCUT2D eigenvalue weighted by molar-refractivity contribution is 6.03. The zero-order chi connectivity index (χ0) is 12.4. The number of furan rings is 1. The Kier molecular flexibility index (Phi) is 2.78. The van der Waals surface area contributed by atoms with Crippen molar-refractivity contribution < 1.29 is 18.0 Å². The fraction of sp³-hybridized carbons (Fsp3) is 0. The van der Waals surface area contributed by atoms with Gasteiger partial charge in [-0.25, -0.2) is 8.78 Å². The molecule has 1 aromatic carbocycles. The number of hydrogen-bond donors (Lipinski definition) is 2. The van der Waals surface area contributed by atoms with Gasteiger partial charge in [0.1, 0.15) is 11.5 Å². The van der Waals surface area contributed by atoms with Crippen LogP contribution in [0, 0.1) is 11.6 Å². The van der Waals surface area contributed by atoms with Gasteiger partial charge in [0, 0.05) is 6.07 Å². The van der Waals surface area contributed by atoms with Crippen molar-refractivity contribution in [1.29, 1.82) is 0 Å². The summed E-state index contributed by atoms with van der Waals surface area (Å²) in [6, 6.07) is 4.47. The summed E-state index contributed by atoms with van der Waals surface area (Å²) in [4.78, 5) is 11.5. The van der Waals surface area contributed by atoms with E-state index in [2.05, 4.69) is 5.32 Å². The van der Waals surface area contributed by atoms with Gasteiger partial charge in [0.25, 0.3) is 5.91 Å². The molecule has 0 aliphatic heterocycles. The van der Waals surface area contributed by atoms with Gasteiger partial charge in [0.05, 0.1) is 12.0 Å². The molecule has 6 heteroatoms. The molecule has 2 rings (SSSR count). The average molecular weight is 238 g/mol. The second-order valence-corrected chi connectivity index (χ2v) is 3.28. The van der Waals surface area contributed by atoms with Crippen LogP contribution in [0.5, 0.6) is 0 Å². The number of rotatable bonds is 2. The summed E-state index contributed by atoms with van der Waals surface area (Å²) in [6.45, 7) is 0. The molecule has 0 saturated heterocycles. The molecule has 0 unspecified atom stereocenters. The third kappa shape index (κ3) is 2.25. The van der Waals surface area contributed by atoms with Crippen molar-refractivity contribution in [3.8, 4) is 0 Å². The predicted molar refractivity (Wildman–Crippen MR) is 57.4 cm³/mol. The van der Waals surface area contributed by atoms with Crippen LogP contribution < -0.4 is 11.1 Å². The Hall–Kier alpha value is -2.37. The summed E-state index contributed by atoms with van der Waals surface area (Å²) < 4.78 is 30.9. The smallest absolute Gasteiger partial charge is 0.291 e. The molecule has 0 atom stereocenters. The Morgan fingerprint density at radius 2 is 2.12 bits per heavy atom. The van der Waals surface area contributed by atoms with E-state index in [0.29, 0.717) is 6.07 Å². The molecule has 0 aliphatic carbocycles. The topological polar surface area (TPSA) is 68.3 Å². The summed E-state index contributed by atoms with van der Waals surface area (Å²) in [5.74, 6) is -2.40. The number of amides is 1. The molecular weight excluding hydrogens is 230 g/mol. The predicted octanol–water partition coefficient (Wildman–Crippen LogP) is 2.39. The van der Waals surface area contributed by atoms with E-state index < -0.39 is 17.5 Å². The first-order valence-corrected chi connectivity index (χ1v) is 4.67. The second-order valence-electron chi connectivity index (χ2n) is 3.28. The van der Waals surface area contributed by atoms with E-state index in [1.165, 1.54) is 18.4 Å². The molecule has 0 aliphatic rings. The number of anilines is 2. The lowest BCUT2D eigenvalue weighted by Crippen LogP contribution is -2.14. The van der Waals surface area contributed by atoms with Crippen molar-refractivity contribution in [1.82, 2.24) is 0 Å². The minimum Gasteiger partial charge on any atom is -0.459 e. The maximum Gasteiger partial charge on any atom is 0.291 e. The highest BCUT2D eigenvalue weighted by Gasteiger charge is 2.15. The zero-order valence-corrected chi connectivity index (χ0v) is 8.54. The molecule has 0 saturated carbocycles. The Morgan fingerprint density at radius 1 is 1.35 bits per heavy atom. The minimum absolute atomic E-state index is 0.00752. The van der Waals surface area contributed by atoms with E-state index >= 15 is 0 Å². The molecule has 1 amide bonds. The first kappa shape index (κ1) is 11.1. The molecule has 2 aromatic rings. The molecule has 88 valence electrons. The second kappa shape index (κ2) is 4.25. The number of carbonyl (C=O) groups excluding carboxylic acids is 1. The lowest BCUT2D eigenvalue weighted by Gasteiger charge is -2.08. The van der Waals surface area contributed by atoms with Gasteiger partial charge >= 0.3 is 0 Å². The third-order valence-electron chi connectivity index (χ3n) is 2.07. The Bertz CT molecular complexity index is 530. The normalized spacial score (nSPS) is 10.2. The van der Waals surface area contributed by atoms with Crippen molar-refractivity contribution in [3.63, 3.8) is 0 Å². The standard InChI is InChI=1S/C11H8F2N2O2/c12-6-4-7(13)10(8(14)5-6)15-11(16)9-2-1-3-17-9/h1-5H,14H2,(H,15,16). The number of nitrogen functional groups attached to an aromatic ring is 1. The molecule has 1 heterocycles. The van der Waals surface area contributed by atoms with Crippen LogP contribution in [0.25, 0.3) is 0 Å². The highest BCUT2D eigenvalue weighted by atomic mass is 19.1. The molecule has 0 radical (unpaired) electrons. The molecule has 0 fully saturated rings. The van der Waals surface area contributed by atoms with Gasteiger partial charge in [-0.1, -0.05) is 0 Å². The zero-order valence-electron chi connectivity index (χ0n) is 8.54. The van der Waals surface area contributed by atoms with Crippen molar-refractivity contribution >= 4 is 17.3 Å². The van der Waals surface area contributed by atoms with Gasteiger partial charge in [-0.2, -0.15) is 0 Å². The van der Waals surface area contributed by atoms with E-state index in [9.17, 15) is 13.6 Å². The highest BCUT2D eigenvalue weighted by Crippen LogP contribution is 2.24. The van der Waals surface area contributed by atoms with E-state index in [4.69, 9.17) is 10.2 Å². The largest absolute Gasteiger partial charge is 0.459 e. The van der Waals surface area contributed by atoms with Crippen LogP contribution in [-0.4, -0.2) is 5.91 Å². The van der Waals surface area contributed by atoms with E-state index in [1.54, 1.807) is 0 Å². The quantitative estimate of drug-likeness (QED) is 0.789. The summed E-state index contributed by atoms with van der Waals surface area (Å²) >= 11 is 0. The van der Waals surface area contributed by atoms with E-state index in [0.717, 1.165) is 6.07 Å². The Morgan fingerprint density at radius 3 is 2.71 bits per heavy atom. The van der Waals surface area contributed by atoms with E-state index in [-0.39, 0.29) is 17.1 Å². The SMILES string of the molecule is Nc1cc(F)cc(F)c1NC(=O)c1ccco1. The summed E-state index contributed by atoms with van der Waals surface area (Å²) in [6.07, 6.45) is 1.30. The number of benzene rings is 1. The molecule has 1 aromatic heterocycles. The van der Waals surface area contributed by atoms with Crippen molar-refractivity contribution in [2.24, 2.45) is 0 Å². The van der Waals surface area contributed by atoms with Gasteiger partial charge in [-0.15, -0.1) is 0 Å². The fourth-order valence-electron chi connectivity index (χ4n) is 1.31. The molecular formula is C11H8F2N2O2. The van der Waals surface area contributed by atoms with Crippen LogP contribution in [0.4, 0.5) is 20.2 Å². The summed E-state index contributed by atoms with van der Waals surface area (Å²) in [5.41, 5.74) is 4.94. The number of nitrogens with two attached hydrogens (primary N) is 1. The van der Waals surface area contributed by atoms with Gasteiger partial charge in [0.15, 0.2) is 11.6 Å². The monoisotopic (exact) mass is 238 g/mol. The maximum atomic E-state index is 13.3. The Balaban J connectivity index is 2.28. The summed E-state index contributed by atoms with van der Waals surface area (Å²) in [7, 11) is 0. The van der Waals surface area contributed by atoms with Crippen molar-refractivity contribution in [3.05, 3.63) is 47.9 Å². The molecule has 0 bridgehead atoms. The first-order chi connectivity index (χ1) is 8.08. The van der Waals surface area contributed by atoms with Gasteiger partial charge in [-0.3, -0.25) is 4.79 Å². The number of halogens is 2. The minimum atomic E-state index is -0.942. The molecule has 4 nitrogen and oxygen atoms in total. The molecule has 3 N–H and O–H groups in total. The number of nitrogens with one attached hydrogen (secondary N) is 1. The van der Waals surface area contributed by atoms with Crippen LogP contribution in [0.1, 0.15) is 10.6 Å². The first-order valence-electron chi connectivity index (χ1n) is 4.67. The maximum absolute atomic E-state index is 13.3. The fourth-order valence-corrected chi connectivity index (χ4v) is 1.31. The van der Waals surface area contributed by atoms with Crippen molar-refractivity contribution in [2.45, 2.75) is 0 Å². The van der Waals surface area contributed by atoms with Gasteiger partial charge < -0.3 is 15.5 Å². The lowest BCUT2D eigenvalue weighted by molar-refractivity contribution is 0.0996. The lowest BCUT2D eigenvalue weighted by atomic mass is 10.2.